The maximum absolute atomic E-state index is 5.85. The van der Waals surface area contributed by atoms with Gasteiger partial charge in [-0.15, -0.1) is 0 Å². The zero-order chi connectivity index (χ0) is 13.4. The van der Waals surface area contributed by atoms with Crippen LogP contribution in [0.5, 0.6) is 5.75 Å². The molecule has 0 aliphatic rings. The molecule has 0 spiro atoms. The van der Waals surface area contributed by atoms with Crippen LogP contribution in [0, 0.1) is 0 Å². The lowest BCUT2D eigenvalue weighted by atomic mass is 10.0. The Kier molecular flexibility index (Phi) is 6.81. The molecule has 1 N–H and O–H groups in total. The molecule has 0 saturated carbocycles. The topological polar surface area (TPSA) is 21.3 Å². The molecule has 0 amide bonds. The third-order valence-electron chi connectivity index (χ3n) is 3.14. The van der Waals surface area contributed by atoms with Gasteiger partial charge in [-0.1, -0.05) is 31.5 Å². The van der Waals surface area contributed by atoms with Crippen LogP contribution < -0.4 is 10.1 Å². The van der Waals surface area contributed by atoms with Gasteiger partial charge in [0.05, 0.1) is 6.10 Å². The molecule has 0 saturated heterocycles. The maximum atomic E-state index is 5.85. The number of aryl methyl sites for hydroxylation is 1. The first kappa shape index (κ1) is 15.0. The second-order valence-corrected chi connectivity index (χ2v) is 5.09. The highest BCUT2D eigenvalue weighted by Crippen LogP contribution is 2.21. The largest absolute Gasteiger partial charge is 0.491 e. The van der Waals surface area contributed by atoms with Crippen LogP contribution in [0.25, 0.3) is 0 Å². The van der Waals surface area contributed by atoms with E-state index in [4.69, 9.17) is 4.74 Å². The van der Waals surface area contributed by atoms with Gasteiger partial charge in [-0.3, -0.25) is 0 Å². The Hall–Kier alpha value is -1.02. The van der Waals surface area contributed by atoms with Crippen molar-refractivity contribution < 1.29 is 4.74 Å². The van der Waals surface area contributed by atoms with Crippen LogP contribution in [0.1, 0.15) is 45.6 Å². The Labute approximate surface area is 112 Å². The van der Waals surface area contributed by atoms with Crippen molar-refractivity contribution in [2.45, 2.75) is 58.6 Å². The maximum Gasteiger partial charge on any atom is 0.122 e. The Bertz CT molecular complexity index is 336. The van der Waals surface area contributed by atoms with Crippen molar-refractivity contribution >= 4 is 0 Å². The minimum Gasteiger partial charge on any atom is -0.491 e. The van der Waals surface area contributed by atoms with Gasteiger partial charge in [-0.2, -0.15) is 0 Å². The summed E-state index contributed by atoms with van der Waals surface area (Å²) in [5, 5.41) is 3.39. The summed E-state index contributed by atoms with van der Waals surface area (Å²) in [7, 11) is 2.05. The predicted molar refractivity (Wildman–Crippen MR) is 78.3 cm³/mol. The zero-order valence-corrected chi connectivity index (χ0v) is 12.2. The summed E-state index contributed by atoms with van der Waals surface area (Å²) in [6.07, 6.45) is 4.96. The Morgan fingerprint density at radius 2 is 1.89 bits per heavy atom. The van der Waals surface area contributed by atoms with Crippen LogP contribution >= 0.6 is 0 Å². The van der Waals surface area contributed by atoms with Gasteiger partial charge < -0.3 is 10.1 Å². The molecule has 1 atom stereocenters. The van der Waals surface area contributed by atoms with E-state index < -0.39 is 0 Å². The van der Waals surface area contributed by atoms with Gasteiger partial charge in [-0.05, 0) is 51.8 Å². The quantitative estimate of drug-likeness (QED) is 0.756. The zero-order valence-electron chi connectivity index (χ0n) is 12.2. The van der Waals surface area contributed by atoms with Crippen LogP contribution in [-0.4, -0.2) is 19.2 Å². The van der Waals surface area contributed by atoms with E-state index in [0.29, 0.717) is 6.04 Å². The van der Waals surface area contributed by atoms with Gasteiger partial charge in [0.15, 0.2) is 0 Å². The van der Waals surface area contributed by atoms with E-state index >= 15 is 0 Å². The summed E-state index contributed by atoms with van der Waals surface area (Å²) in [5.41, 5.74) is 1.32. The van der Waals surface area contributed by atoms with Gasteiger partial charge in [0.25, 0.3) is 0 Å². The number of nitrogens with one attached hydrogen (secondary N) is 1. The normalized spacial score (nSPS) is 12.7. The highest BCUT2D eigenvalue weighted by Gasteiger charge is 2.09. The molecule has 1 unspecified atom stereocenters. The monoisotopic (exact) mass is 249 g/mol. The lowest BCUT2D eigenvalue weighted by molar-refractivity contribution is 0.239. The van der Waals surface area contributed by atoms with Crippen LogP contribution in [0.2, 0.25) is 0 Å². The Morgan fingerprint density at radius 1 is 1.17 bits per heavy atom. The summed E-state index contributed by atoms with van der Waals surface area (Å²) in [4.78, 5) is 0. The van der Waals surface area contributed by atoms with Crippen molar-refractivity contribution in [1.82, 2.24) is 5.32 Å². The fourth-order valence-corrected chi connectivity index (χ4v) is 2.19. The van der Waals surface area contributed by atoms with E-state index in [2.05, 4.69) is 51.3 Å². The molecule has 0 bridgehead atoms. The van der Waals surface area contributed by atoms with E-state index in [1.54, 1.807) is 0 Å². The van der Waals surface area contributed by atoms with E-state index in [-0.39, 0.29) is 6.10 Å². The van der Waals surface area contributed by atoms with Gasteiger partial charge in [0, 0.05) is 6.04 Å². The minimum absolute atomic E-state index is 0.238. The fraction of sp³-hybridized carbons (Fsp3) is 0.625. The van der Waals surface area contributed by atoms with Gasteiger partial charge >= 0.3 is 0 Å². The molecule has 1 aromatic rings. The van der Waals surface area contributed by atoms with Gasteiger partial charge in [0.1, 0.15) is 5.75 Å². The van der Waals surface area contributed by atoms with Crippen molar-refractivity contribution in [2.75, 3.05) is 7.05 Å². The molecular weight excluding hydrogens is 222 g/mol. The van der Waals surface area contributed by atoms with Gasteiger partial charge in [-0.25, -0.2) is 0 Å². The van der Waals surface area contributed by atoms with Gasteiger partial charge in [0.2, 0.25) is 0 Å². The number of rotatable bonds is 8. The van der Waals surface area contributed by atoms with Crippen molar-refractivity contribution in [2.24, 2.45) is 0 Å². The van der Waals surface area contributed by atoms with Crippen LogP contribution in [0.4, 0.5) is 0 Å². The van der Waals surface area contributed by atoms with Crippen molar-refractivity contribution in [3.63, 3.8) is 0 Å². The molecule has 18 heavy (non-hydrogen) atoms. The smallest absolute Gasteiger partial charge is 0.122 e. The molecule has 0 heterocycles. The molecular formula is C16H27NO. The van der Waals surface area contributed by atoms with E-state index in [1.807, 2.05) is 6.07 Å². The first-order valence-electron chi connectivity index (χ1n) is 7.09. The Balaban J connectivity index is 2.60. The van der Waals surface area contributed by atoms with Crippen LogP contribution in [-0.2, 0) is 6.42 Å². The average molecular weight is 249 g/mol. The summed E-state index contributed by atoms with van der Waals surface area (Å²) >= 11 is 0. The van der Waals surface area contributed by atoms with Crippen molar-refractivity contribution in [3.05, 3.63) is 29.8 Å². The lowest BCUT2D eigenvalue weighted by Gasteiger charge is -2.17. The lowest BCUT2D eigenvalue weighted by Crippen LogP contribution is -2.25. The second kappa shape index (κ2) is 8.15. The first-order valence-corrected chi connectivity index (χ1v) is 7.09. The highest BCUT2D eigenvalue weighted by molar-refractivity contribution is 5.33. The summed E-state index contributed by atoms with van der Waals surface area (Å²) < 4.78 is 5.85. The standard InChI is InChI=1S/C16H27NO/c1-5-8-15(17-4)12-11-14-9-6-7-10-16(14)18-13(2)3/h6-7,9-10,13,15,17H,5,8,11-12H2,1-4H3. The first-order chi connectivity index (χ1) is 8.67. The molecule has 0 radical (unpaired) electrons. The molecule has 2 heteroatoms. The minimum atomic E-state index is 0.238. The average Bonchev–Trinajstić information content (AvgIpc) is 2.35. The molecule has 0 aromatic heterocycles. The third kappa shape index (κ3) is 5.09. The molecule has 0 aliphatic carbocycles. The molecule has 102 valence electrons. The SMILES string of the molecule is CCCC(CCc1ccccc1OC(C)C)NC. The number of ether oxygens (including phenoxy) is 1. The fourth-order valence-electron chi connectivity index (χ4n) is 2.19. The van der Waals surface area contributed by atoms with Crippen LogP contribution in [0.15, 0.2) is 24.3 Å². The molecule has 2 nitrogen and oxygen atoms in total. The van der Waals surface area contributed by atoms with Crippen molar-refractivity contribution in [3.8, 4) is 5.75 Å². The highest BCUT2D eigenvalue weighted by atomic mass is 16.5. The molecule has 1 rings (SSSR count). The number of hydrogen-bond acceptors (Lipinski definition) is 2. The predicted octanol–water partition coefficient (Wildman–Crippen LogP) is 3.79. The molecule has 0 fully saturated rings. The number of benzene rings is 1. The summed E-state index contributed by atoms with van der Waals surface area (Å²) in [6.45, 7) is 6.38. The van der Waals surface area contributed by atoms with Crippen LogP contribution in [0.3, 0.4) is 0 Å². The number of para-hydroxylation sites is 1. The number of hydrogen-bond donors (Lipinski definition) is 1. The second-order valence-electron chi connectivity index (χ2n) is 5.09. The van der Waals surface area contributed by atoms with E-state index in [9.17, 15) is 0 Å². The summed E-state index contributed by atoms with van der Waals surface area (Å²) in [5.74, 6) is 1.04. The Morgan fingerprint density at radius 3 is 2.50 bits per heavy atom. The van der Waals surface area contributed by atoms with E-state index in [0.717, 1.165) is 12.2 Å². The molecule has 0 aliphatic heterocycles. The third-order valence-corrected chi connectivity index (χ3v) is 3.14. The summed E-state index contributed by atoms with van der Waals surface area (Å²) in [6, 6.07) is 9.00. The molecule has 1 aromatic carbocycles. The van der Waals surface area contributed by atoms with E-state index in [1.165, 1.54) is 24.8 Å². The van der Waals surface area contributed by atoms with Crippen molar-refractivity contribution in [1.29, 1.82) is 0 Å².